The standard InChI is InChI=1S/C41H28N2/c1-41(2)35-23-29(34-22-26-8-3-4-9-31(26)32-10-5-6-11-33(32)34)20-27-14-15-28-21-30(24-36(41)40(28)39(27)35)38-13-7-12-37(43-38)25-16-18-42-19-17-25/h3-24H,1-2H3. The molecular formula is C41H28N2. The average molecular weight is 549 g/mol. The summed E-state index contributed by atoms with van der Waals surface area (Å²) in [6, 6.07) is 44.4. The van der Waals surface area contributed by atoms with Gasteiger partial charge in [-0.1, -0.05) is 80.6 Å². The molecule has 0 spiro atoms. The molecule has 0 saturated heterocycles. The Kier molecular flexibility index (Phi) is 4.99. The van der Waals surface area contributed by atoms with Crippen LogP contribution in [0.2, 0.25) is 0 Å². The van der Waals surface area contributed by atoms with Crippen LogP contribution in [0.5, 0.6) is 0 Å². The zero-order valence-electron chi connectivity index (χ0n) is 24.1. The van der Waals surface area contributed by atoms with Gasteiger partial charge >= 0.3 is 0 Å². The predicted octanol–water partition coefficient (Wildman–Crippen LogP) is 10.7. The van der Waals surface area contributed by atoms with Gasteiger partial charge in [0.1, 0.15) is 0 Å². The zero-order valence-corrected chi connectivity index (χ0v) is 24.1. The van der Waals surface area contributed by atoms with E-state index in [2.05, 4.69) is 128 Å². The molecule has 2 heterocycles. The van der Waals surface area contributed by atoms with E-state index in [0.29, 0.717) is 0 Å². The van der Waals surface area contributed by atoms with E-state index in [4.69, 9.17) is 4.98 Å². The van der Waals surface area contributed by atoms with Crippen molar-refractivity contribution in [2.24, 2.45) is 0 Å². The van der Waals surface area contributed by atoms with Crippen LogP contribution in [0.1, 0.15) is 25.0 Å². The van der Waals surface area contributed by atoms with Gasteiger partial charge < -0.3 is 0 Å². The van der Waals surface area contributed by atoms with Crippen LogP contribution >= 0.6 is 0 Å². The smallest absolute Gasteiger partial charge is 0.0710 e. The van der Waals surface area contributed by atoms with Crippen molar-refractivity contribution in [2.75, 3.05) is 0 Å². The Labute approximate surface area is 250 Å². The van der Waals surface area contributed by atoms with Gasteiger partial charge in [0, 0.05) is 28.9 Å². The van der Waals surface area contributed by atoms with E-state index in [9.17, 15) is 0 Å². The maximum atomic E-state index is 5.08. The average Bonchev–Trinajstić information content (AvgIpc) is 3.30. The van der Waals surface area contributed by atoms with Gasteiger partial charge in [0.2, 0.25) is 0 Å². The first-order valence-electron chi connectivity index (χ1n) is 14.9. The summed E-state index contributed by atoms with van der Waals surface area (Å²) in [7, 11) is 0. The molecule has 202 valence electrons. The van der Waals surface area contributed by atoms with Crippen LogP contribution in [-0.2, 0) is 5.41 Å². The molecule has 0 N–H and O–H groups in total. The fourth-order valence-corrected chi connectivity index (χ4v) is 7.34. The van der Waals surface area contributed by atoms with E-state index in [1.165, 1.54) is 65.3 Å². The first kappa shape index (κ1) is 24.3. The quantitative estimate of drug-likeness (QED) is 0.205. The third-order valence-electron chi connectivity index (χ3n) is 9.48. The minimum Gasteiger partial charge on any atom is -0.265 e. The van der Waals surface area contributed by atoms with E-state index < -0.39 is 0 Å². The highest BCUT2D eigenvalue weighted by Gasteiger charge is 2.35. The molecule has 43 heavy (non-hydrogen) atoms. The normalized spacial score (nSPS) is 13.5. The number of aromatic nitrogens is 2. The Balaban J connectivity index is 1.25. The third kappa shape index (κ3) is 3.53. The molecule has 0 unspecified atom stereocenters. The monoisotopic (exact) mass is 548 g/mol. The molecule has 0 aliphatic heterocycles. The Morgan fingerprint density at radius 2 is 1.07 bits per heavy atom. The first-order valence-corrected chi connectivity index (χ1v) is 14.9. The zero-order chi connectivity index (χ0) is 28.7. The van der Waals surface area contributed by atoms with Crippen LogP contribution in [0.15, 0.2) is 134 Å². The fraction of sp³-hybridized carbons (Fsp3) is 0.0732. The molecule has 8 aromatic rings. The number of hydrogen-bond donors (Lipinski definition) is 0. The van der Waals surface area contributed by atoms with Gasteiger partial charge in [-0.25, -0.2) is 4.98 Å². The highest BCUT2D eigenvalue weighted by Crippen LogP contribution is 2.51. The molecule has 0 atom stereocenters. The highest BCUT2D eigenvalue weighted by molar-refractivity contribution is 6.18. The molecule has 2 heteroatoms. The van der Waals surface area contributed by atoms with Crippen molar-refractivity contribution < 1.29 is 0 Å². The summed E-state index contributed by atoms with van der Waals surface area (Å²) in [6.07, 6.45) is 3.64. The largest absolute Gasteiger partial charge is 0.265 e. The Morgan fingerprint density at radius 3 is 1.81 bits per heavy atom. The minimum atomic E-state index is -0.151. The predicted molar refractivity (Wildman–Crippen MR) is 180 cm³/mol. The number of benzene rings is 6. The molecule has 0 bridgehead atoms. The summed E-state index contributed by atoms with van der Waals surface area (Å²) in [5, 5.41) is 10.5. The van der Waals surface area contributed by atoms with Crippen molar-refractivity contribution >= 4 is 43.1 Å². The van der Waals surface area contributed by atoms with E-state index in [1.54, 1.807) is 0 Å². The molecule has 0 amide bonds. The number of hydrogen-bond acceptors (Lipinski definition) is 2. The molecule has 2 aromatic heterocycles. The second-order valence-corrected chi connectivity index (χ2v) is 12.3. The molecule has 9 rings (SSSR count). The number of rotatable bonds is 3. The topological polar surface area (TPSA) is 25.8 Å². The molecule has 6 aromatic carbocycles. The second kappa shape index (κ2) is 8.83. The SMILES string of the molecule is CC1(C)c2cc(-c3cccc(-c4ccncc4)n3)cc3ccc4cc(-c5cc6ccccc6c6ccccc56)cc1c4c23. The van der Waals surface area contributed by atoms with Crippen LogP contribution in [0.4, 0.5) is 0 Å². The molecule has 0 fully saturated rings. The van der Waals surface area contributed by atoms with Crippen molar-refractivity contribution in [1.29, 1.82) is 0 Å². The summed E-state index contributed by atoms with van der Waals surface area (Å²) in [5.74, 6) is 0. The van der Waals surface area contributed by atoms with Crippen LogP contribution in [0.3, 0.4) is 0 Å². The number of pyridine rings is 2. The maximum absolute atomic E-state index is 5.08. The summed E-state index contributed by atoms with van der Waals surface area (Å²) < 4.78 is 0. The van der Waals surface area contributed by atoms with Gasteiger partial charge in [0.05, 0.1) is 11.4 Å². The summed E-state index contributed by atoms with van der Waals surface area (Å²) in [4.78, 5) is 9.25. The molecule has 0 radical (unpaired) electrons. The van der Waals surface area contributed by atoms with E-state index in [0.717, 1.165) is 22.5 Å². The lowest BCUT2D eigenvalue weighted by Gasteiger charge is -2.23. The van der Waals surface area contributed by atoms with E-state index in [-0.39, 0.29) is 5.41 Å². The van der Waals surface area contributed by atoms with Gasteiger partial charge in [-0.3, -0.25) is 4.98 Å². The molecule has 0 saturated carbocycles. The van der Waals surface area contributed by atoms with Crippen molar-refractivity contribution in [3.05, 3.63) is 145 Å². The van der Waals surface area contributed by atoms with Crippen molar-refractivity contribution in [3.63, 3.8) is 0 Å². The Bertz CT molecular complexity index is 2420. The Morgan fingerprint density at radius 1 is 0.465 bits per heavy atom. The van der Waals surface area contributed by atoms with Crippen LogP contribution in [0.25, 0.3) is 76.7 Å². The minimum absolute atomic E-state index is 0.151. The third-order valence-corrected chi connectivity index (χ3v) is 9.48. The van der Waals surface area contributed by atoms with Gasteiger partial charge in [-0.15, -0.1) is 0 Å². The number of fused-ring (bicyclic) bond motifs is 3. The van der Waals surface area contributed by atoms with Crippen molar-refractivity contribution in [2.45, 2.75) is 19.3 Å². The molecule has 2 nitrogen and oxygen atoms in total. The second-order valence-electron chi connectivity index (χ2n) is 12.3. The lowest BCUT2D eigenvalue weighted by molar-refractivity contribution is 0.663. The van der Waals surface area contributed by atoms with Crippen molar-refractivity contribution in [3.8, 4) is 33.6 Å². The number of nitrogens with zero attached hydrogens (tertiary/aromatic N) is 2. The summed E-state index contributed by atoms with van der Waals surface area (Å²) in [6.45, 7) is 4.76. The van der Waals surface area contributed by atoms with Crippen LogP contribution in [0, 0.1) is 0 Å². The van der Waals surface area contributed by atoms with Crippen LogP contribution in [-0.4, -0.2) is 9.97 Å². The van der Waals surface area contributed by atoms with Gasteiger partial charge in [-0.2, -0.15) is 0 Å². The first-order chi connectivity index (χ1) is 21.1. The van der Waals surface area contributed by atoms with Crippen molar-refractivity contribution in [1.82, 2.24) is 9.97 Å². The van der Waals surface area contributed by atoms with Gasteiger partial charge in [0.15, 0.2) is 0 Å². The summed E-state index contributed by atoms with van der Waals surface area (Å²) >= 11 is 0. The molecule has 1 aliphatic carbocycles. The van der Waals surface area contributed by atoms with E-state index >= 15 is 0 Å². The van der Waals surface area contributed by atoms with E-state index in [1.807, 2.05) is 24.5 Å². The van der Waals surface area contributed by atoms with Gasteiger partial charge in [-0.05, 0) is 120 Å². The highest BCUT2D eigenvalue weighted by atomic mass is 14.7. The fourth-order valence-electron chi connectivity index (χ4n) is 7.34. The lowest BCUT2D eigenvalue weighted by atomic mass is 9.80. The van der Waals surface area contributed by atoms with Crippen LogP contribution < -0.4 is 0 Å². The van der Waals surface area contributed by atoms with Gasteiger partial charge in [0.25, 0.3) is 0 Å². The summed E-state index contributed by atoms with van der Waals surface area (Å²) in [5.41, 5.74) is 9.36. The lowest BCUT2D eigenvalue weighted by Crippen LogP contribution is -2.15. The Hall–Kier alpha value is -5.34. The molecular weight excluding hydrogens is 520 g/mol. The maximum Gasteiger partial charge on any atom is 0.0710 e. The molecule has 1 aliphatic rings.